The lowest BCUT2D eigenvalue weighted by molar-refractivity contribution is -0.137. The van der Waals surface area contributed by atoms with Crippen LogP contribution < -0.4 is 5.32 Å². The molecule has 5 heteroatoms. The molecule has 2 nitrogen and oxygen atoms in total. The summed E-state index contributed by atoms with van der Waals surface area (Å²) in [6.45, 7) is 1.78. The van der Waals surface area contributed by atoms with Gasteiger partial charge in [-0.25, -0.2) is 0 Å². The lowest BCUT2D eigenvalue weighted by Crippen LogP contribution is -2.17. The molecular formula is C16H14F3NO. The number of amides is 1. The van der Waals surface area contributed by atoms with Crippen molar-refractivity contribution in [2.24, 2.45) is 0 Å². The van der Waals surface area contributed by atoms with E-state index in [0.29, 0.717) is 17.5 Å². The van der Waals surface area contributed by atoms with Gasteiger partial charge in [-0.15, -0.1) is 0 Å². The number of carbonyl (C=O) groups excluding carboxylic acids is 1. The van der Waals surface area contributed by atoms with Crippen LogP contribution in [-0.4, -0.2) is 5.91 Å². The zero-order chi connectivity index (χ0) is 15.5. The van der Waals surface area contributed by atoms with Crippen LogP contribution in [0.4, 0.5) is 18.9 Å². The van der Waals surface area contributed by atoms with E-state index in [2.05, 4.69) is 5.32 Å². The predicted molar refractivity (Wildman–Crippen MR) is 75.2 cm³/mol. The minimum absolute atomic E-state index is 0.228. The highest BCUT2D eigenvalue weighted by atomic mass is 19.4. The Morgan fingerprint density at radius 2 is 1.76 bits per heavy atom. The van der Waals surface area contributed by atoms with Crippen molar-refractivity contribution in [3.05, 3.63) is 65.2 Å². The Morgan fingerprint density at radius 1 is 1.10 bits per heavy atom. The molecule has 2 rings (SSSR count). The van der Waals surface area contributed by atoms with Crippen LogP contribution in [-0.2, 0) is 12.6 Å². The molecule has 0 aliphatic carbocycles. The Balaban J connectivity index is 2.34. The average Bonchev–Trinajstić information content (AvgIpc) is 2.47. The number of carbonyl (C=O) groups is 1. The van der Waals surface area contributed by atoms with E-state index in [1.54, 1.807) is 43.3 Å². The zero-order valence-corrected chi connectivity index (χ0v) is 11.4. The summed E-state index contributed by atoms with van der Waals surface area (Å²) >= 11 is 0. The lowest BCUT2D eigenvalue weighted by Gasteiger charge is -2.15. The van der Waals surface area contributed by atoms with Crippen molar-refractivity contribution >= 4 is 11.6 Å². The molecular weight excluding hydrogens is 279 g/mol. The molecule has 0 fully saturated rings. The first-order chi connectivity index (χ1) is 9.91. The molecule has 110 valence electrons. The van der Waals surface area contributed by atoms with Crippen molar-refractivity contribution < 1.29 is 18.0 Å². The SMILES string of the molecule is CCc1ccc(NC(=O)c2ccccc2)c(C(F)(F)F)c1. The van der Waals surface area contributed by atoms with Crippen molar-refractivity contribution in [3.63, 3.8) is 0 Å². The van der Waals surface area contributed by atoms with E-state index in [0.717, 1.165) is 6.07 Å². The highest BCUT2D eigenvalue weighted by molar-refractivity contribution is 6.04. The van der Waals surface area contributed by atoms with Gasteiger partial charge in [-0.05, 0) is 36.2 Å². The molecule has 0 heterocycles. The fourth-order valence-electron chi connectivity index (χ4n) is 1.94. The Hall–Kier alpha value is -2.30. The topological polar surface area (TPSA) is 29.1 Å². The van der Waals surface area contributed by atoms with Gasteiger partial charge >= 0.3 is 6.18 Å². The maximum absolute atomic E-state index is 13.1. The van der Waals surface area contributed by atoms with Crippen LogP contribution in [0.1, 0.15) is 28.4 Å². The van der Waals surface area contributed by atoms with E-state index in [9.17, 15) is 18.0 Å². The second kappa shape index (κ2) is 5.99. The van der Waals surface area contributed by atoms with Gasteiger partial charge in [-0.3, -0.25) is 4.79 Å². The number of halogens is 3. The second-order valence-electron chi connectivity index (χ2n) is 4.55. The van der Waals surface area contributed by atoms with E-state index in [1.165, 1.54) is 6.07 Å². The van der Waals surface area contributed by atoms with Crippen LogP contribution >= 0.6 is 0 Å². The van der Waals surface area contributed by atoms with E-state index in [4.69, 9.17) is 0 Å². The van der Waals surface area contributed by atoms with Gasteiger partial charge in [-0.1, -0.05) is 31.2 Å². The van der Waals surface area contributed by atoms with Crippen molar-refractivity contribution in [2.45, 2.75) is 19.5 Å². The van der Waals surface area contributed by atoms with Gasteiger partial charge in [0.1, 0.15) is 0 Å². The first-order valence-corrected chi connectivity index (χ1v) is 6.48. The number of aryl methyl sites for hydroxylation is 1. The molecule has 0 aliphatic heterocycles. The Morgan fingerprint density at radius 3 is 2.33 bits per heavy atom. The normalized spacial score (nSPS) is 11.2. The van der Waals surface area contributed by atoms with Crippen LogP contribution in [0.2, 0.25) is 0 Å². The van der Waals surface area contributed by atoms with Gasteiger partial charge in [0.2, 0.25) is 0 Å². The minimum atomic E-state index is -4.51. The molecule has 0 aliphatic rings. The standard InChI is InChI=1S/C16H14F3NO/c1-2-11-8-9-14(13(10-11)16(17,18)19)20-15(21)12-6-4-3-5-7-12/h3-10H,2H2,1H3,(H,20,21). The Labute approximate surface area is 120 Å². The number of hydrogen-bond donors (Lipinski definition) is 1. The van der Waals surface area contributed by atoms with Gasteiger partial charge in [-0.2, -0.15) is 13.2 Å². The highest BCUT2D eigenvalue weighted by Gasteiger charge is 2.34. The van der Waals surface area contributed by atoms with Crippen molar-refractivity contribution in [2.75, 3.05) is 5.32 Å². The summed E-state index contributed by atoms with van der Waals surface area (Å²) in [6, 6.07) is 12.1. The van der Waals surface area contributed by atoms with Crippen molar-refractivity contribution in [3.8, 4) is 0 Å². The maximum atomic E-state index is 13.1. The molecule has 0 spiro atoms. The predicted octanol–water partition coefficient (Wildman–Crippen LogP) is 4.52. The van der Waals surface area contributed by atoms with Crippen LogP contribution in [0.5, 0.6) is 0 Å². The number of anilines is 1. The van der Waals surface area contributed by atoms with Crippen LogP contribution in [0.15, 0.2) is 48.5 Å². The second-order valence-corrected chi connectivity index (χ2v) is 4.55. The largest absolute Gasteiger partial charge is 0.418 e. The molecule has 0 atom stereocenters. The van der Waals surface area contributed by atoms with E-state index < -0.39 is 17.6 Å². The third kappa shape index (κ3) is 3.62. The molecule has 1 amide bonds. The molecule has 0 aromatic heterocycles. The quantitative estimate of drug-likeness (QED) is 0.885. The fraction of sp³-hybridized carbons (Fsp3) is 0.188. The van der Waals surface area contributed by atoms with Gasteiger partial charge in [0, 0.05) is 5.56 Å². The molecule has 0 unspecified atom stereocenters. The van der Waals surface area contributed by atoms with E-state index >= 15 is 0 Å². The molecule has 0 radical (unpaired) electrons. The average molecular weight is 293 g/mol. The third-order valence-corrected chi connectivity index (χ3v) is 3.08. The fourth-order valence-corrected chi connectivity index (χ4v) is 1.94. The first-order valence-electron chi connectivity index (χ1n) is 6.48. The molecule has 1 N–H and O–H groups in total. The summed E-state index contributed by atoms with van der Waals surface area (Å²) in [7, 11) is 0. The summed E-state index contributed by atoms with van der Waals surface area (Å²) < 4.78 is 39.2. The molecule has 0 saturated carbocycles. The highest BCUT2D eigenvalue weighted by Crippen LogP contribution is 2.35. The lowest BCUT2D eigenvalue weighted by atomic mass is 10.1. The van der Waals surface area contributed by atoms with Gasteiger partial charge in [0.25, 0.3) is 5.91 Å². The van der Waals surface area contributed by atoms with Crippen LogP contribution in [0.3, 0.4) is 0 Å². The Kier molecular flexibility index (Phi) is 4.31. The Bertz CT molecular complexity index is 636. The number of alkyl halides is 3. The smallest absolute Gasteiger partial charge is 0.321 e. The summed E-state index contributed by atoms with van der Waals surface area (Å²) in [4.78, 5) is 12.0. The summed E-state index contributed by atoms with van der Waals surface area (Å²) in [5.74, 6) is -0.564. The third-order valence-electron chi connectivity index (χ3n) is 3.08. The molecule has 2 aromatic carbocycles. The first kappa shape index (κ1) is 15.1. The minimum Gasteiger partial charge on any atom is -0.321 e. The number of benzene rings is 2. The monoisotopic (exact) mass is 293 g/mol. The molecule has 21 heavy (non-hydrogen) atoms. The molecule has 2 aromatic rings. The van der Waals surface area contributed by atoms with Gasteiger partial charge in [0.05, 0.1) is 11.3 Å². The zero-order valence-electron chi connectivity index (χ0n) is 11.4. The number of rotatable bonds is 3. The molecule has 0 saturated heterocycles. The van der Waals surface area contributed by atoms with Gasteiger partial charge < -0.3 is 5.32 Å². The number of hydrogen-bond acceptors (Lipinski definition) is 1. The van der Waals surface area contributed by atoms with Crippen molar-refractivity contribution in [1.29, 1.82) is 0 Å². The summed E-state index contributed by atoms with van der Waals surface area (Å²) in [6.07, 6.45) is -4.01. The van der Waals surface area contributed by atoms with Crippen LogP contribution in [0, 0.1) is 0 Å². The summed E-state index contributed by atoms with van der Waals surface area (Å²) in [5.41, 5.74) is -0.176. The number of nitrogens with one attached hydrogen (secondary N) is 1. The van der Waals surface area contributed by atoms with E-state index in [1.807, 2.05) is 0 Å². The van der Waals surface area contributed by atoms with E-state index in [-0.39, 0.29) is 5.69 Å². The van der Waals surface area contributed by atoms with Crippen molar-refractivity contribution in [1.82, 2.24) is 0 Å². The van der Waals surface area contributed by atoms with Crippen LogP contribution in [0.25, 0.3) is 0 Å². The summed E-state index contributed by atoms with van der Waals surface area (Å²) in [5, 5.41) is 2.33. The molecule has 0 bridgehead atoms. The van der Waals surface area contributed by atoms with Gasteiger partial charge in [0.15, 0.2) is 0 Å². The maximum Gasteiger partial charge on any atom is 0.418 e.